The van der Waals surface area contributed by atoms with Gasteiger partial charge in [0, 0.05) is 0 Å². The lowest BCUT2D eigenvalue weighted by molar-refractivity contribution is 0.237. The molecule has 90 valence electrons. The van der Waals surface area contributed by atoms with E-state index < -0.39 is 6.80 Å². The molecule has 0 amide bonds. The summed E-state index contributed by atoms with van der Waals surface area (Å²) in [6, 6.07) is 0. The van der Waals surface area contributed by atoms with Crippen LogP contribution in [0.4, 0.5) is 0 Å². The lowest BCUT2D eigenvalue weighted by atomic mass is 10.2. The molecule has 0 N–H and O–H groups in total. The van der Waals surface area contributed by atoms with Gasteiger partial charge in [0.25, 0.3) is 0 Å². The summed E-state index contributed by atoms with van der Waals surface area (Å²) < 4.78 is 22.2. The first-order valence-electron chi connectivity index (χ1n) is 5.41. The zero-order valence-electron chi connectivity index (χ0n) is 9.77. The topological polar surface area (TPSA) is 35.5 Å². The highest BCUT2D eigenvalue weighted by Gasteiger charge is 2.22. The van der Waals surface area contributed by atoms with Crippen LogP contribution in [-0.4, -0.2) is 13.2 Å². The van der Waals surface area contributed by atoms with Gasteiger partial charge >= 0.3 is 6.80 Å². The molecule has 0 unspecified atom stereocenters. The molecule has 0 saturated carbocycles. The maximum Gasteiger partial charge on any atom is 0.393 e. The van der Waals surface area contributed by atoms with Gasteiger partial charge in [0.1, 0.15) is 0 Å². The fourth-order valence-corrected chi connectivity index (χ4v) is 3.82. The Bertz CT molecular complexity index is 209. The maximum absolute atomic E-state index is 11.9. The summed E-state index contributed by atoms with van der Waals surface area (Å²) in [6.07, 6.45) is 5.36. The van der Waals surface area contributed by atoms with Gasteiger partial charge in [-0.05, 0) is 37.1 Å². The second-order valence-corrected chi connectivity index (χ2v) is 6.77. The number of allylic oxidation sites excluding steroid dienone is 1. The number of rotatable bonds is 9. The van der Waals surface area contributed by atoms with Crippen LogP contribution in [0.1, 0.15) is 40.0 Å². The molecule has 0 fully saturated rings. The van der Waals surface area contributed by atoms with Crippen molar-refractivity contribution in [2.75, 3.05) is 13.2 Å². The Morgan fingerprint density at radius 1 is 1.20 bits per heavy atom. The molecule has 0 aromatic heterocycles. The molecule has 0 aliphatic heterocycles. The van der Waals surface area contributed by atoms with Crippen LogP contribution in [0.3, 0.4) is 0 Å². The fourth-order valence-electron chi connectivity index (χ4n) is 0.922. The van der Waals surface area contributed by atoms with E-state index in [4.69, 9.17) is 9.05 Å². The molecule has 0 aromatic carbocycles. The molecule has 0 spiro atoms. The molecule has 0 rings (SSSR count). The molecule has 0 atom stereocenters. The van der Waals surface area contributed by atoms with Gasteiger partial charge in [0.05, 0.1) is 13.2 Å². The van der Waals surface area contributed by atoms with Crippen LogP contribution in [-0.2, 0) is 13.6 Å². The molecule has 0 aromatic rings. The highest BCUT2D eigenvalue weighted by atomic mass is 32.7. The minimum Gasteiger partial charge on any atom is -0.301 e. The Labute approximate surface area is 96.9 Å². The second-order valence-electron chi connectivity index (χ2n) is 2.90. The Hall–Kier alpha value is 0.240. The minimum absolute atomic E-state index is 0.410. The molecular weight excluding hydrogens is 231 g/mol. The largest absolute Gasteiger partial charge is 0.393 e. The van der Waals surface area contributed by atoms with Crippen molar-refractivity contribution >= 4 is 18.2 Å². The van der Waals surface area contributed by atoms with Crippen LogP contribution in [0.15, 0.2) is 11.5 Å². The summed E-state index contributed by atoms with van der Waals surface area (Å²) >= 11 is 1.15. The van der Waals surface area contributed by atoms with E-state index in [1.807, 2.05) is 25.3 Å². The lowest BCUT2D eigenvalue weighted by Crippen LogP contribution is -1.90. The van der Waals surface area contributed by atoms with E-state index in [1.165, 1.54) is 6.42 Å². The summed E-state index contributed by atoms with van der Waals surface area (Å²) in [4.78, 5) is 0. The standard InChI is InChI=1S/C10H21O3PS/c1-4-7-8-9-10-15-14(11,12-5-2)13-6-3/h9-10H,4-8H2,1-3H3/b10-9-. The van der Waals surface area contributed by atoms with Gasteiger partial charge in [-0.15, -0.1) is 0 Å². The second kappa shape index (κ2) is 9.46. The highest BCUT2D eigenvalue weighted by Crippen LogP contribution is 2.61. The third kappa shape index (κ3) is 8.09. The van der Waals surface area contributed by atoms with Crippen molar-refractivity contribution in [1.29, 1.82) is 0 Å². The molecule has 15 heavy (non-hydrogen) atoms. The first kappa shape index (κ1) is 15.2. The van der Waals surface area contributed by atoms with Gasteiger partial charge in [-0.1, -0.05) is 25.8 Å². The summed E-state index contributed by atoms with van der Waals surface area (Å²) in [6.45, 7) is 3.65. The Morgan fingerprint density at radius 3 is 2.27 bits per heavy atom. The number of unbranched alkanes of at least 4 members (excludes halogenated alkanes) is 2. The van der Waals surface area contributed by atoms with Crippen LogP contribution in [0.25, 0.3) is 0 Å². The van der Waals surface area contributed by atoms with Crippen molar-refractivity contribution in [3.63, 3.8) is 0 Å². The highest BCUT2D eigenvalue weighted by molar-refractivity contribution is 8.56. The monoisotopic (exact) mass is 252 g/mol. The van der Waals surface area contributed by atoms with E-state index in [2.05, 4.69) is 6.92 Å². The summed E-state index contributed by atoms with van der Waals surface area (Å²) in [5.41, 5.74) is 0. The van der Waals surface area contributed by atoms with Crippen molar-refractivity contribution in [3.05, 3.63) is 11.5 Å². The maximum atomic E-state index is 11.9. The fraction of sp³-hybridized carbons (Fsp3) is 0.800. The van der Waals surface area contributed by atoms with Crippen molar-refractivity contribution < 1.29 is 13.6 Å². The predicted octanol–water partition coefficient (Wildman–Crippen LogP) is 4.60. The normalized spacial score (nSPS) is 12.5. The van der Waals surface area contributed by atoms with Crippen molar-refractivity contribution in [2.24, 2.45) is 0 Å². The SMILES string of the molecule is CCCC/C=C\SP(=O)(OCC)OCC. The van der Waals surface area contributed by atoms with Crippen molar-refractivity contribution in [1.82, 2.24) is 0 Å². The average molecular weight is 252 g/mol. The van der Waals surface area contributed by atoms with Crippen LogP contribution in [0.5, 0.6) is 0 Å². The lowest BCUT2D eigenvalue weighted by Gasteiger charge is -2.13. The molecule has 3 nitrogen and oxygen atoms in total. The molecule has 0 heterocycles. The molecule has 5 heteroatoms. The third-order valence-corrected chi connectivity index (χ3v) is 5.08. The van der Waals surface area contributed by atoms with E-state index in [0.29, 0.717) is 13.2 Å². The number of hydrogen-bond donors (Lipinski definition) is 0. The quantitative estimate of drug-likeness (QED) is 0.443. The molecule has 0 aliphatic carbocycles. The molecule has 0 aliphatic rings. The first-order valence-corrected chi connectivity index (χ1v) is 8.43. The van der Waals surface area contributed by atoms with Crippen molar-refractivity contribution in [2.45, 2.75) is 40.0 Å². The predicted molar refractivity (Wildman–Crippen MR) is 67.1 cm³/mol. The van der Waals surface area contributed by atoms with Gasteiger partial charge in [-0.25, -0.2) is 4.57 Å². The van der Waals surface area contributed by atoms with Crippen LogP contribution in [0, 0.1) is 0 Å². The van der Waals surface area contributed by atoms with Gasteiger partial charge in [-0.3, -0.25) is 0 Å². The van der Waals surface area contributed by atoms with E-state index in [1.54, 1.807) is 0 Å². The summed E-state index contributed by atoms with van der Waals surface area (Å²) in [7, 11) is 0. The van der Waals surface area contributed by atoms with Crippen LogP contribution >= 0.6 is 18.2 Å². The zero-order valence-corrected chi connectivity index (χ0v) is 11.5. The molecule has 0 saturated heterocycles. The van der Waals surface area contributed by atoms with E-state index in [9.17, 15) is 4.57 Å². The van der Waals surface area contributed by atoms with Gasteiger partial charge in [0.15, 0.2) is 0 Å². The van der Waals surface area contributed by atoms with Crippen LogP contribution in [0.2, 0.25) is 0 Å². The zero-order chi connectivity index (χ0) is 11.6. The van der Waals surface area contributed by atoms with Gasteiger partial charge < -0.3 is 9.05 Å². The first-order chi connectivity index (χ1) is 7.18. The average Bonchev–Trinajstić information content (AvgIpc) is 2.18. The van der Waals surface area contributed by atoms with Crippen molar-refractivity contribution in [3.8, 4) is 0 Å². The smallest absolute Gasteiger partial charge is 0.301 e. The summed E-state index contributed by atoms with van der Waals surface area (Å²) in [5.74, 6) is 0. The minimum atomic E-state index is -2.94. The summed E-state index contributed by atoms with van der Waals surface area (Å²) in [5, 5.41) is 1.82. The van der Waals surface area contributed by atoms with E-state index in [0.717, 1.165) is 24.2 Å². The molecular formula is C10H21O3PS. The molecule has 0 bridgehead atoms. The Morgan fingerprint density at radius 2 is 1.80 bits per heavy atom. The Kier molecular flexibility index (Phi) is 9.62. The Balaban J connectivity index is 3.95. The van der Waals surface area contributed by atoms with Gasteiger partial charge in [-0.2, -0.15) is 0 Å². The van der Waals surface area contributed by atoms with E-state index >= 15 is 0 Å². The van der Waals surface area contributed by atoms with E-state index in [-0.39, 0.29) is 0 Å². The van der Waals surface area contributed by atoms with Gasteiger partial charge in [0.2, 0.25) is 0 Å². The molecule has 0 radical (unpaired) electrons. The van der Waals surface area contributed by atoms with Crippen LogP contribution < -0.4 is 0 Å². The number of hydrogen-bond acceptors (Lipinski definition) is 4. The third-order valence-electron chi connectivity index (χ3n) is 1.58.